The van der Waals surface area contributed by atoms with E-state index in [-0.39, 0.29) is 12.4 Å². The van der Waals surface area contributed by atoms with Crippen LogP contribution >= 0.6 is 12.4 Å². The smallest absolute Gasteiger partial charge is 0.240 e. The molecule has 6 heteroatoms. The molecule has 1 aromatic rings. The average molecular weight is 301 g/mol. The fraction of sp³-hybridized carbons (Fsp3) is 0.857. The molecular weight excluding hydrogens is 276 g/mol. The lowest BCUT2D eigenvalue weighted by Crippen LogP contribution is -2.35. The monoisotopic (exact) mass is 300 g/mol. The standard InChI is InChI=1S/C14H24N4O.ClH/c1-10(2)7-13-16-14(19-17-13)9-18-6-5-11-3-4-12(8-18)15-11;/h10-12,15H,3-9H2,1-2H3;1H. The predicted molar refractivity (Wildman–Crippen MR) is 79.9 cm³/mol. The van der Waals surface area contributed by atoms with Gasteiger partial charge in [0, 0.05) is 31.6 Å². The highest BCUT2D eigenvalue weighted by Crippen LogP contribution is 2.21. The van der Waals surface area contributed by atoms with Crippen LogP contribution in [0.15, 0.2) is 4.52 Å². The van der Waals surface area contributed by atoms with Crippen molar-refractivity contribution in [3.63, 3.8) is 0 Å². The van der Waals surface area contributed by atoms with Crippen molar-refractivity contribution in [2.24, 2.45) is 5.92 Å². The van der Waals surface area contributed by atoms with E-state index in [2.05, 4.69) is 34.2 Å². The van der Waals surface area contributed by atoms with Crippen LogP contribution in [0.2, 0.25) is 0 Å². The van der Waals surface area contributed by atoms with E-state index < -0.39 is 0 Å². The van der Waals surface area contributed by atoms with Gasteiger partial charge in [0.2, 0.25) is 5.89 Å². The summed E-state index contributed by atoms with van der Waals surface area (Å²) in [7, 11) is 0. The summed E-state index contributed by atoms with van der Waals surface area (Å²) in [6.45, 7) is 7.39. The Labute approximate surface area is 126 Å². The number of aromatic nitrogens is 2. The molecule has 2 aliphatic heterocycles. The number of fused-ring (bicyclic) bond motifs is 2. The molecule has 3 heterocycles. The highest BCUT2D eigenvalue weighted by molar-refractivity contribution is 5.85. The zero-order valence-corrected chi connectivity index (χ0v) is 13.2. The normalized spacial score (nSPS) is 26.6. The van der Waals surface area contributed by atoms with Crippen molar-refractivity contribution in [3.8, 4) is 0 Å². The van der Waals surface area contributed by atoms with Gasteiger partial charge in [0.1, 0.15) is 0 Å². The number of nitrogens with one attached hydrogen (secondary N) is 1. The Balaban J connectivity index is 0.00000147. The van der Waals surface area contributed by atoms with Crippen molar-refractivity contribution >= 4 is 12.4 Å². The third-order valence-electron chi connectivity index (χ3n) is 4.07. The molecule has 0 aliphatic carbocycles. The molecule has 3 rings (SSSR count). The second-order valence-corrected chi connectivity index (χ2v) is 6.36. The van der Waals surface area contributed by atoms with Gasteiger partial charge in [0.15, 0.2) is 5.82 Å². The lowest BCUT2D eigenvalue weighted by atomic mass is 10.1. The van der Waals surface area contributed by atoms with Crippen LogP contribution in [0.4, 0.5) is 0 Å². The van der Waals surface area contributed by atoms with E-state index in [4.69, 9.17) is 4.52 Å². The van der Waals surface area contributed by atoms with Crippen LogP contribution in [-0.4, -0.2) is 40.2 Å². The molecule has 5 nitrogen and oxygen atoms in total. The molecule has 0 amide bonds. The Morgan fingerprint density at radius 1 is 1.30 bits per heavy atom. The van der Waals surface area contributed by atoms with Crippen molar-refractivity contribution in [2.75, 3.05) is 13.1 Å². The minimum absolute atomic E-state index is 0. The number of rotatable bonds is 4. The lowest BCUT2D eigenvalue weighted by molar-refractivity contribution is 0.216. The summed E-state index contributed by atoms with van der Waals surface area (Å²) >= 11 is 0. The van der Waals surface area contributed by atoms with Gasteiger partial charge in [0.25, 0.3) is 0 Å². The third kappa shape index (κ3) is 3.93. The molecule has 2 bridgehead atoms. The highest BCUT2D eigenvalue weighted by Gasteiger charge is 2.29. The van der Waals surface area contributed by atoms with Gasteiger partial charge >= 0.3 is 0 Å². The van der Waals surface area contributed by atoms with Gasteiger partial charge in [-0.05, 0) is 25.2 Å². The predicted octanol–water partition coefficient (Wildman–Crippen LogP) is 2.02. The maximum absolute atomic E-state index is 5.37. The van der Waals surface area contributed by atoms with Crippen molar-refractivity contribution in [2.45, 2.75) is 58.2 Å². The van der Waals surface area contributed by atoms with Gasteiger partial charge in [-0.2, -0.15) is 4.98 Å². The van der Waals surface area contributed by atoms with Gasteiger partial charge in [0.05, 0.1) is 6.54 Å². The van der Waals surface area contributed by atoms with Crippen molar-refractivity contribution in [3.05, 3.63) is 11.7 Å². The lowest BCUT2D eigenvalue weighted by Gasteiger charge is -2.21. The second-order valence-electron chi connectivity index (χ2n) is 6.36. The quantitative estimate of drug-likeness (QED) is 0.922. The largest absolute Gasteiger partial charge is 0.338 e. The van der Waals surface area contributed by atoms with Crippen LogP contribution in [0, 0.1) is 5.92 Å². The molecule has 0 aromatic carbocycles. The van der Waals surface area contributed by atoms with Gasteiger partial charge in [-0.3, -0.25) is 4.90 Å². The van der Waals surface area contributed by atoms with Crippen molar-refractivity contribution in [1.82, 2.24) is 20.4 Å². The first kappa shape index (κ1) is 15.7. The van der Waals surface area contributed by atoms with Gasteiger partial charge in [-0.1, -0.05) is 19.0 Å². The van der Waals surface area contributed by atoms with Crippen LogP contribution in [0.25, 0.3) is 0 Å². The van der Waals surface area contributed by atoms with E-state index in [9.17, 15) is 0 Å². The first-order chi connectivity index (χ1) is 9.19. The van der Waals surface area contributed by atoms with E-state index in [0.717, 1.165) is 43.8 Å². The number of hydrogen-bond acceptors (Lipinski definition) is 5. The van der Waals surface area contributed by atoms with Crippen LogP contribution in [0.5, 0.6) is 0 Å². The number of hydrogen-bond donors (Lipinski definition) is 1. The Kier molecular flexibility index (Phi) is 5.41. The molecule has 2 aliphatic rings. The van der Waals surface area contributed by atoms with E-state index >= 15 is 0 Å². The molecule has 0 radical (unpaired) electrons. The molecule has 1 aromatic heterocycles. The summed E-state index contributed by atoms with van der Waals surface area (Å²) in [4.78, 5) is 6.95. The third-order valence-corrected chi connectivity index (χ3v) is 4.07. The number of nitrogens with zero attached hydrogens (tertiary/aromatic N) is 3. The van der Waals surface area contributed by atoms with E-state index in [0.29, 0.717) is 12.0 Å². The summed E-state index contributed by atoms with van der Waals surface area (Å²) in [5.41, 5.74) is 0. The van der Waals surface area contributed by atoms with Gasteiger partial charge in [-0.25, -0.2) is 0 Å². The molecular formula is C14H25ClN4O. The SMILES string of the molecule is CC(C)Cc1noc(CN2CCC3CCC(C2)N3)n1.Cl. The topological polar surface area (TPSA) is 54.2 Å². The summed E-state index contributed by atoms with van der Waals surface area (Å²) in [6.07, 6.45) is 4.79. The van der Waals surface area contributed by atoms with Crippen LogP contribution in [0.3, 0.4) is 0 Å². The number of likely N-dealkylation sites (tertiary alicyclic amines) is 1. The van der Waals surface area contributed by atoms with E-state index in [1.807, 2.05) is 0 Å². The molecule has 2 unspecified atom stereocenters. The Hall–Kier alpha value is -0.650. The Bertz CT molecular complexity index is 423. The van der Waals surface area contributed by atoms with Crippen molar-refractivity contribution in [1.29, 1.82) is 0 Å². The minimum Gasteiger partial charge on any atom is -0.338 e. The highest BCUT2D eigenvalue weighted by atomic mass is 35.5. The molecule has 1 N–H and O–H groups in total. The molecule has 2 atom stereocenters. The Morgan fingerprint density at radius 2 is 2.10 bits per heavy atom. The maximum atomic E-state index is 5.37. The van der Waals surface area contributed by atoms with Gasteiger partial charge < -0.3 is 9.84 Å². The van der Waals surface area contributed by atoms with Crippen LogP contribution in [0.1, 0.15) is 44.8 Å². The maximum Gasteiger partial charge on any atom is 0.240 e. The van der Waals surface area contributed by atoms with E-state index in [1.54, 1.807) is 0 Å². The van der Waals surface area contributed by atoms with Gasteiger partial charge in [-0.15, -0.1) is 12.4 Å². The number of halogens is 1. The molecule has 0 saturated carbocycles. The Morgan fingerprint density at radius 3 is 2.90 bits per heavy atom. The molecule has 20 heavy (non-hydrogen) atoms. The van der Waals surface area contributed by atoms with Crippen LogP contribution in [-0.2, 0) is 13.0 Å². The summed E-state index contributed by atoms with van der Waals surface area (Å²) in [5.74, 6) is 2.19. The molecule has 2 saturated heterocycles. The second kappa shape index (κ2) is 6.87. The fourth-order valence-electron chi connectivity index (χ4n) is 3.15. The zero-order chi connectivity index (χ0) is 13.2. The fourth-order valence-corrected chi connectivity index (χ4v) is 3.15. The summed E-state index contributed by atoms with van der Waals surface area (Å²) < 4.78 is 5.37. The van der Waals surface area contributed by atoms with Crippen LogP contribution < -0.4 is 5.32 Å². The summed E-state index contributed by atoms with van der Waals surface area (Å²) in [6, 6.07) is 1.39. The van der Waals surface area contributed by atoms with E-state index in [1.165, 1.54) is 19.3 Å². The van der Waals surface area contributed by atoms with Crippen molar-refractivity contribution < 1.29 is 4.52 Å². The first-order valence-corrected chi connectivity index (χ1v) is 7.49. The average Bonchev–Trinajstić information content (AvgIpc) is 2.88. The molecule has 114 valence electrons. The minimum atomic E-state index is 0. The summed E-state index contributed by atoms with van der Waals surface area (Å²) in [5, 5.41) is 7.76. The molecule has 2 fully saturated rings. The molecule has 0 spiro atoms. The zero-order valence-electron chi connectivity index (χ0n) is 12.3. The first-order valence-electron chi connectivity index (χ1n) is 7.49.